The lowest BCUT2D eigenvalue weighted by atomic mass is 9.95. The fraction of sp³-hybridized carbons (Fsp3) is 0.875. The van der Waals surface area contributed by atoms with Crippen molar-refractivity contribution in [3.05, 3.63) is 0 Å². The maximum atomic E-state index is 13.2. The Kier molecular flexibility index (Phi) is 12.3. The topological polar surface area (TPSA) is 210 Å². The molecule has 0 aromatic heterocycles. The van der Waals surface area contributed by atoms with Crippen LogP contribution in [0.2, 0.25) is 0 Å². The Hall–Kier alpha value is -1.85. The first-order valence-electron chi connectivity index (χ1n) is 13.7. The number of carboxylic acids is 2. The highest BCUT2D eigenvalue weighted by molar-refractivity contribution is 7.90. The first-order valence-corrected chi connectivity index (χ1v) is 16.8. The molecule has 16 heteroatoms. The fourth-order valence-electron chi connectivity index (χ4n) is 5.48. The van der Waals surface area contributed by atoms with Crippen molar-refractivity contribution in [1.82, 2.24) is 13.5 Å². The van der Waals surface area contributed by atoms with Gasteiger partial charge in [0.1, 0.15) is 0 Å². The van der Waals surface area contributed by atoms with Crippen molar-refractivity contribution in [2.45, 2.75) is 95.3 Å². The van der Waals surface area contributed by atoms with E-state index in [-0.39, 0.29) is 5.75 Å². The van der Waals surface area contributed by atoms with Crippen molar-refractivity contribution < 1.29 is 51.6 Å². The highest BCUT2D eigenvalue weighted by atomic mass is 32.2. The van der Waals surface area contributed by atoms with Gasteiger partial charge in [-0.25, -0.2) is 30.7 Å². The molecule has 0 radical (unpaired) electrons. The van der Waals surface area contributed by atoms with E-state index in [1.165, 1.54) is 23.6 Å². The van der Waals surface area contributed by atoms with E-state index in [4.69, 9.17) is 20.4 Å². The van der Waals surface area contributed by atoms with E-state index in [0.717, 1.165) is 23.9 Å². The summed E-state index contributed by atoms with van der Waals surface area (Å²) in [5.41, 5.74) is 0. The second kappa shape index (κ2) is 14.4. The van der Waals surface area contributed by atoms with E-state index >= 15 is 0 Å². The van der Waals surface area contributed by atoms with E-state index in [9.17, 15) is 31.2 Å². The second-order valence-corrected chi connectivity index (χ2v) is 15.1. The number of hydrogen-bond donors (Lipinski definition) is 4. The summed E-state index contributed by atoms with van der Waals surface area (Å²) in [6.07, 6.45) is 1.21. The molecule has 5 atom stereocenters. The van der Waals surface area contributed by atoms with Gasteiger partial charge in [-0.3, -0.25) is 4.79 Å². The monoisotopic (exact) mass is 613 g/mol. The van der Waals surface area contributed by atoms with Gasteiger partial charge < -0.3 is 25.3 Å². The zero-order chi connectivity index (χ0) is 30.4. The van der Waals surface area contributed by atoms with Gasteiger partial charge in [0, 0.05) is 6.54 Å². The molecule has 0 saturated carbocycles. The van der Waals surface area contributed by atoms with Gasteiger partial charge in [0.25, 0.3) is 0 Å². The molecule has 4 N–H and O–H groups in total. The zero-order valence-electron chi connectivity index (χ0n) is 23.3. The fourth-order valence-corrected chi connectivity index (χ4v) is 8.70. The molecule has 3 aliphatic heterocycles. The Balaban J connectivity index is 0.000000478. The van der Waals surface area contributed by atoms with Crippen LogP contribution in [0.15, 0.2) is 0 Å². The Morgan fingerprint density at radius 2 is 1.50 bits per heavy atom. The van der Waals surface area contributed by atoms with Crippen molar-refractivity contribution in [1.29, 1.82) is 0 Å². The van der Waals surface area contributed by atoms with Gasteiger partial charge in [0.05, 0.1) is 29.0 Å². The molecule has 0 aliphatic carbocycles. The molecule has 0 aromatic carbocycles. The summed E-state index contributed by atoms with van der Waals surface area (Å²) in [6.45, 7) is 8.19. The van der Waals surface area contributed by atoms with Crippen LogP contribution >= 0.6 is 0 Å². The van der Waals surface area contributed by atoms with Gasteiger partial charge in [-0.2, -0.15) is 4.31 Å². The van der Waals surface area contributed by atoms with Gasteiger partial charge in [-0.15, -0.1) is 0 Å². The molecule has 0 bridgehead atoms. The SMILES string of the molecule is CCC[C@H]1C(=O)N(S(=O)(=O)C(C)C)[C@H]2CCN(S(=O)(=O)CCCN3CCCCC3)[C@H]12.O=C(O)C(O)C(O)C(=O)O. The lowest BCUT2D eigenvalue weighted by molar-refractivity contribution is -0.165. The third-order valence-corrected chi connectivity index (χ3v) is 11.7. The number of rotatable bonds is 12. The number of aliphatic carboxylic acids is 2. The predicted molar refractivity (Wildman–Crippen MR) is 144 cm³/mol. The lowest BCUT2D eigenvalue weighted by Crippen LogP contribution is -2.45. The van der Waals surface area contributed by atoms with Crippen LogP contribution in [0.1, 0.15) is 65.7 Å². The van der Waals surface area contributed by atoms with Gasteiger partial charge in [-0.1, -0.05) is 19.8 Å². The Morgan fingerprint density at radius 3 is 1.98 bits per heavy atom. The van der Waals surface area contributed by atoms with E-state index in [1.807, 2.05) is 6.92 Å². The van der Waals surface area contributed by atoms with Crippen molar-refractivity contribution in [2.24, 2.45) is 5.92 Å². The summed E-state index contributed by atoms with van der Waals surface area (Å²) in [6, 6.07) is -1.13. The maximum absolute atomic E-state index is 13.2. The molecule has 3 fully saturated rings. The largest absolute Gasteiger partial charge is 0.479 e. The summed E-state index contributed by atoms with van der Waals surface area (Å²) in [7, 11) is -7.32. The number of carbonyl (C=O) groups excluding carboxylic acids is 1. The van der Waals surface area contributed by atoms with Crippen molar-refractivity contribution in [2.75, 3.05) is 31.9 Å². The number of likely N-dealkylation sites (tertiary alicyclic amines) is 1. The Morgan fingerprint density at radius 1 is 0.950 bits per heavy atom. The highest BCUT2D eigenvalue weighted by Crippen LogP contribution is 2.42. The third-order valence-electron chi connectivity index (χ3n) is 7.58. The van der Waals surface area contributed by atoms with Crippen LogP contribution in [0.5, 0.6) is 0 Å². The van der Waals surface area contributed by atoms with E-state index < -0.39 is 73.4 Å². The average molecular weight is 614 g/mol. The van der Waals surface area contributed by atoms with Crippen LogP contribution in [0.4, 0.5) is 0 Å². The standard InChI is InChI=1S/C20H37N3O5S2.C4H6O6/c1-4-9-17-19-18(23(20(17)24)30(27,28)16(2)3)10-14-22(19)29(25,26)15-8-13-21-11-6-5-7-12-21;5-1(3(7)8)2(6)4(9)10/h16-19H,4-15H2,1-3H3;1-2,5-6H,(H,7,8)(H,9,10)/t17-,18+,19-;/m1./s1. The van der Waals surface area contributed by atoms with Crippen LogP contribution in [0.25, 0.3) is 0 Å². The Bertz CT molecular complexity index is 1090. The Labute approximate surface area is 236 Å². The minimum absolute atomic E-state index is 0.0523. The van der Waals surface area contributed by atoms with Crippen molar-refractivity contribution in [3.8, 4) is 0 Å². The zero-order valence-corrected chi connectivity index (χ0v) is 24.9. The first kappa shape index (κ1) is 34.4. The number of carboxylic acid groups (broad SMARTS) is 2. The summed E-state index contributed by atoms with van der Waals surface area (Å²) in [5, 5.41) is 31.8. The molecule has 1 amide bonds. The first-order chi connectivity index (χ1) is 18.6. The lowest BCUT2D eigenvalue weighted by Gasteiger charge is -2.28. The summed E-state index contributed by atoms with van der Waals surface area (Å²) in [4.78, 5) is 34.9. The molecule has 3 aliphatic rings. The summed E-state index contributed by atoms with van der Waals surface area (Å²) in [5.74, 6) is -4.48. The molecule has 3 rings (SSSR count). The van der Waals surface area contributed by atoms with Crippen molar-refractivity contribution in [3.63, 3.8) is 0 Å². The quantitative estimate of drug-likeness (QED) is 0.220. The molecule has 2 unspecified atom stereocenters. The third kappa shape index (κ3) is 7.91. The van der Waals surface area contributed by atoms with E-state index in [2.05, 4.69) is 4.90 Å². The number of nitrogens with zero attached hydrogens (tertiary/aromatic N) is 3. The number of amides is 1. The number of fused-ring (bicyclic) bond motifs is 1. The second-order valence-electron chi connectivity index (χ2n) is 10.7. The normalized spacial score (nSPS) is 25.8. The number of aliphatic hydroxyl groups is 2. The molecule has 3 saturated heterocycles. The van der Waals surface area contributed by atoms with E-state index in [1.54, 1.807) is 13.8 Å². The highest BCUT2D eigenvalue weighted by Gasteiger charge is 2.59. The van der Waals surface area contributed by atoms with Crippen LogP contribution < -0.4 is 0 Å². The minimum atomic E-state index is -3.78. The number of carbonyl (C=O) groups is 3. The molecule has 0 aromatic rings. The smallest absolute Gasteiger partial charge is 0.335 e. The van der Waals surface area contributed by atoms with Gasteiger partial charge >= 0.3 is 11.9 Å². The minimum Gasteiger partial charge on any atom is -0.479 e. The van der Waals surface area contributed by atoms with Gasteiger partial charge in [0.15, 0.2) is 12.2 Å². The molecule has 40 heavy (non-hydrogen) atoms. The summed E-state index contributed by atoms with van der Waals surface area (Å²) >= 11 is 0. The van der Waals surface area contributed by atoms with Crippen molar-refractivity contribution >= 4 is 37.9 Å². The molecule has 0 spiro atoms. The number of piperidine rings is 1. The van der Waals surface area contributed by atoms with Crippen LogP contribution in [0, 0.1) is 5.92 Å². The molecule has 232 valence electrons. The average Bonchev–Trinajstić information content (AvgIpc) is 3.42. The molecule has 3 heterocycles. The molecular weight excluding hydrogens is 570 g/mol. The molecule has 14 nitrogen and oxygen atoms in total. The maximum Gasteiger partial charge on any atom is 0.335 e. The number of hydrogen-bond acceptors (Lipinski definition) is 10. The van der Waals surface area contributed by atoms with E-state index in [0.29, 0.717) is 32.2 Å². The van der Waals surface area contributed by atoms with Gasteiger partial charge in [0.2, 0.25) is 26.0 Å². The number of sulfonamides is 2. The number of aliphatic hydroxyl groups excluding tert-OH is 2. The van der Waals surface area contributed by atoms with Crippen LogP contribution in [0.3, 0.4) is 0 Å². The molecular formula is C24H43N3O11S2. The van der Waals surface area contributed by atoms with Crippen LogP contribution in [-0.2, 0) is 34.4 Å². The van der Waals surface area contributed by atoms with Crippen LogP contribution in [-0.4, -0.2) is 130 Å². The summed E-state index contributed by atoms with van der Waals surface area (Å²) < 4.78 is 54.6. The predicted octanol–water partition coefficient (Wildman–Crippen LogP) is -0.491. The van der Waals surface area contributed by atoms with Gasteiger partial charge in [-0.05, 0) is 65.6 Å².